The van der Waals surface area contributed by atoms with Gasteiger partial charge in [0.2, 0.25) is 11.7 Å². The lowest BCUT2D eigenvalue weighted by Crippen LogP contribution is -2.42. The van der Waals surface area contributed by atoms with E-state index in [1.54, 1.807) is 6.92 Å². The number of Topliss-reactive ketones (excluding diaryl/α,β-unsaturated/α-hetero) is 1. The third-order valence-corrected chi connectivity index (χ3v) is 1.80. The van der Waals surface area contributed by atoms with Crippen molar-refractivity contribution in [2.45, 2.75) is 26.8 Å². The monoisotopic (exact) mass is 279 g/mol. The minimum Gasteiger partial charge on any atom is -0.476 e. The van der Waals surface area contributed by atoms with Crippen molar-refractivity contribution >= 4 is 36.3 Å². The highest BCUT2D eigenvalue weighted by Gasteiger charge is 2.18. The second-order valence-corrected chi connectivity index (χ2v) is 3.41. The fraction of sp³-hybridized carbons (Fsp3) is 0.600. The first-order valence-electron chi connectivity index (χ1n) is 5.04. The molecule has 0 aliphatic rings. The summed E-state index contributed by atoms with van der Waals surface area (Å²) in [5.74, 6) is -2.66. The van der Waals surface area contributed by atoms with Crippen LogP contribution in [0.5, 0.6) is 0 Å². The molecule has 1 amide bonds. The number of aliphatic carboxylic acids is 1. The average molecular weight is 279 g/mol. The maximum Gasteiger partial charge on any atom is 0.371 e. The number of nitrogens with one attached hydrogen (secondary N) is 1. The second kappa shape index (κ2) is 10.6. The maximum absolute atomic E-state index is 11.0. The summed E-state index contributed by atoms with van der Waals surface area (Å²) < 4.78 is 4.69. The van der Waals surface area contributed by atoms with Crippen LogP contribution in [-0.2, 0) is 23.9 Å². The van der Waals surface area contributed by atoms with Gasteiger partial charge in [-0.25, -0.2) is 9.59 Å². The smallest absolute Gasteiger partial charge is 0.371 e. The van der Waals surface area contributed by atoms with E-state index < -0.39 is 23.8 Å². The van der Waals surface area contributed by atoms with Crippen molar-refractivity contribution in [3.8, 4) is 0 Å². The zero-order chi connectivity index (χ0) is 14.7. The first-order valence-corrected chi connectivity index (χ1v) is 5.67. The molecule has 0 aromatic rings. The third-order valence-electron chi connectivity index (χ3n) is 1.43. The van der Waals surface area contributed by atoms with Crippen molar-refractivity contribution in [2.24, 2.45) is 0 Å². The molecule has 8 heteroatoms. The van der Waals surface area contributed by atoms with Gasteiger partial charge in [0.1, 0.15) is 6.04 Å². The molecule has 0 saturated carbocycles. The zero-order valence-corrected chi connectivity index (χ0v) is 11.3. The van der Waals surface area contributed by atoms with Gasteiger partial charge in [-0.3, -0.25) is 9.59 Å². The normalized spacial score (nSPS) is 10.4. The van der Waals surface area contributed by atoms with Crippen molar-refractivity contribution < 1.29 is 29.0 Å². The summed E-state index contributed by atoms with van der Waals surface area (Å²) in [6, 6.07) is -0.634. The van der Waals surface area contributed by atoms with Crippen LogP contribution in [0.25, 0.3) is 0 Å². The van der Waals surface area contributed by atoms with E-state index in [1.165, 1.54) is 6.92 Å². The Balaban J connectivity index is 0. The van der Waals surface area contributed by atoms with Crippen molar-refractivity contribution in [3.05, 3.63) is 0 Å². The van der Waals surface area contributed by atoms with Crippen molar-refractivity contribution in [1.82, 2.24) is 5.32 Å². The maximum atomic E-state index is 11.0. The number of hydrogen-bond donors (Lipinski definition) is 3. The molecule has 0 fully saturated rings. The minimum absolute atomic E-state index is 0.248. The molecule has 0 heterocycles. The van der Waals surface area contributed by atoms with Gasteiger partial charge < -0.3 is 15.2 Å². The van der Waals surface area contributed by atoms with Gasteiger partial charge in [-0.2, -0.15) is 12.6 Å². The Labute approximate surface area is 110 Å². The molecular formula is C10H17NO6S. The number of carboxylic acids is 1. The summed E-state index contributed by atoms with van der Waals surface area (Å²) in [7, 11) is 0. The number of ketones is 1. The van der Waals surface area contributed by atoms with E-state index in [4.69, 9.17) is 9.84 Å². The molecule has 7 nitrogen and oxygen atoms in total. The van der Waals surface area contributed by atoms with E-state index in [2.05, 4.69) is 17.9 Å². The lowest BCUT2D eigenvalue weighted by molar-refractivity contribution is -0.148. The molecule has 0 aliphatic carbocycles. The summed E-state index contributed by atoms with van der Waals surface area (Å²) in [5, 5.41) is 10.1. The highest BCUT2D eigenvalue weighted by Crippen LogP contribution is 1.92. The molecule has 1 atom stereocenters. The Morgan fingerprint density at radius 1 is 1.28 bits per heavy atom. The van der Waals surface area contributed by atoms with Gasteiger partial charge in [0.15, 0.2) is 0 Å². The van der Waals surface area contributed by atoms with Gasteiger partial charge in [-0.15, -0.1) is 0 Å². The largest absolute Gasteiger partial charge is 0.476 e. The zero-order valence-electron chi connectivity index (χ0n) is 10.4. The molecule has 0 spiro atoms. The summed E-state index contributed by atoms with van der Waals surface area (Å²) in [4.78, 5) is 40.5. The van der Waals surface area contributed by atoms with E-state index in [0.29, 0.717) is 6.61 Å². The highest BCUT2D eigenvalue weighted by molar-refractivity contribution is 7.80. The van der Waals surface area contributed by atoms with Crippen LogP contribution in [0.2, 0.25) is 0 Å². The van der Waals surface area contributed by atoms with E-state index in [0.717, 1.165) is 6.92 Å². The Morgan fingerprint density at radius 2 is 1.72 bits per heavy atom. The van der Waals surface area contributed by atoms with Crippen LogP contribution in [0.4, 0.5) is 0 Å². The van der Waals surface area contributed by atoms with Crippen LogP contribution in [-0.4, -0.2) is 47.1 Å². The number of carbonyl (C=O) groups is 4. The summed E-state index contributed by atoms with van der Waals surface area (Å²) >= 11 is 3.91. The molecule has 0 bridgehead atoms. The van der Waals surface area contributed by atoms with Gasteiger partial charge in [-0.1, -0.05) is 0 Å². The van der Waals surface area contributed by atoms with E-state index in [1.807, 2.05) is 0 Å². The third kappa shape index (κ3) is 10.9. The quantitative estimate of drug-likeness (QED) is 0.360. The Hall–Kier alpha value is -1.57. The number of ether oxygens (including phenoxy) is 1. The molecule has 0 unspecified atom stereocenters. The molecule has 0 saturated heterocycles. The van der Waals surface area contributed by atoms with Gasteiger partial charge in [0.05, 0.1) is 6.61 Å². The molecular weight excluding hydrogens is 262 g/mol. The first-order chi connectivity index (χ1) is 8.26. The van der Waals surface area contributed by atoms with Gasteiger partial charge >= 0.3 is 11.9 Å². The Bertz CT molecular complexity index is 305. The summed E-state index contributed by atoms with van der Waals surface area (Å²) in [5.41, 5.74) is 0. The Morgan fingerprint density at radius 3 is 1.94 bits per heavy atom. The lowest BCUT2D eigenvalue weighted by Gasteiger charge is -2.12. The van der Waals surface area contributed by atoms with Crippen LogP contribution < -0.4 is 5.32 Å². The average Bonchev–Trinajstić information content (AvgIpc) is 2.26. The lowest BCUT2D eigenvalue weighted by atomic mass is 10.3. The van der Waals surface area contributed by atoms with Gasteiger partial charge in [0, 0.05) is 19.6 Å². The molecule has 18 heavy (non-hydrogen) atoms. The van der Waals surface area contributed by atoms with Crippen LogP contribution in [0.1, 0.15) is 20.8 Å². The topological polar surface area (TPSA) is 110 Å². The number of carboxylic acid groups (broad SMARTS) is 1. The molecule has 0 rings (SSSR count). The van der Waals surface area contributed by atoms with Crippen LogP contribution in [0.3, 0.4) is 0 Å². The molecule has 0 aromatic heterocycles. The molecule has 2 N–H and O–H groups in total. The fourth-order valence-electron chi connectivity index (χ4n) is 0.667. The standard InChI is InChI=1S/C7H13NO3S.C3H4O3/c1-3-11-7(10)6(4-12)8-5(2)9;1-2(4)3(5)6/h6,12H,3-4H2,1-2H3,(H,8,9);1H3,(H,5,6)/t6-;/m0./s1. The van der Waals surface area contributed by atoms with Gasteiger partial charge in [-0.05, 0) is 6.92 Å². The predicted octanol–water partition coefficient (Wildman–Crippen LogP) is -0.356. The second-order valence-electron chi connectivity index (χ2n) is 3.05. The van der Waals surface area contributed by atoms with Crippen molar-refractivity contribution in [1.29, 1.82) is 0 Å². The molecule has 0 aliphatic heterocycles. The van der Waals surface area contributed by atoms with Crippen molar-refractivity contribution in [3.63, 3.8) is 0 Å². The minimum atomic E-state index is -1.38. The number of carbonyl (C=O) groups excluding carboxylic acids is 3. The summed E-state index contributed by atoms with van der Waals surface area (Å²) in [6.45, 7) is 4.36. The number of amides is 1. The fourth-order valence-corrected chi connectivity index (χ4v) is 0.908. The van der Waals surface area contributed by atoms with Crippen LogP contribution >= 0.6 is 12.6 Å². The van der Waals surface area contributed by atoms with Crippen LogP contribution in [0.15, 0.2) is 0 Å². The summed E-state index contributed by atoms with van der Waals surface area (Å²) in [6.07, 6.45) is 0. The van der Waals surface area contributed by atoms with Crippen molar-refractivity contribution in [2.75, 3.05) is 12.4 Å². The predicted molar refractivity (Wildman–Crippen MR) is 66.4 cm³/mol. The molecule has 0 aromatic carbocycles. The van der Waals surface area contributed by atoms with Crippen LogP contribution in [0, 0.1) is 0 Å². The number of esters is 1. The number of hydrogen-bond acceptors (Lipinski definition) is 6. The van der Waals surface area contributed by atoms with E-state index >= 15 is 0 Å². The number of rotatable bonds is 5. The van der Waals surface area contributed by atoms with Gasteiger partial charge in [0.25, 0.3) is 0 Å². The Kier molecular flexibility index (Phi) is 11.0. The van der Waals surface area contributed by atoms with E-state index in [9.17, 15) is 19.2 Å². The highest BCUT2D eigenvalue weighted by atomic mass is 32.1. The first kappa shape index (κ1) is 18.8. The molecule has 0 radical (unpaired) electrons. The SMILES string of the molecule is CC(=O)C(=O)O.CCOC(=O)[C@H](CS)NC(C)=O. The van der Waals surface area contributed by atoms with E-state index in [-0.39, 0.29) is 11.7 Å². The molecule has 104 valence electrons. The number of thiol groups is 1.